The summed E-state index contributed by atoms with van der Waals surface area (Å²) in [7, 11) is 0. The molecule has 1 amide bonds. The first-order valence-corrected chi connectivity index (χ1v) is 8.03. The lowest BCUT2D eigenvalue weighted by atomic mass is 10.1. The number of nitrogens with one attached hydrogen (secondary N) is 1. The van der Waals surface area contributed by atoms with Gasteiger partial charge in [-0.15, -0.1) is 0 Å². The van der Waals surface area contributed by atoms with Crippen LogP contribution >= 0.6 is 0 Å². The number of carbonyl (C=O) groups excluding carboxylic acids is 2. The van der Waals surface area contributed by atoms with Crippen molar-refractivity contribution in [3.05, 3.63) is 70.8 Å². The number of esters is 1. The zero-order valence-electron chi connectivity index (χ0n) is 14.3. The normalized spacial score (nSPS) is 11.6. The molecule has 0 aromatic heterocycles. The molecule has 4 heteroatoms. The molecule has 1 N–H and O–H groups in total. The largest absolute Gasteiger partial charge is 0.461 e. The highest BCUT2D eigenvalue weighted by molar-refractivity contribution is 5.94. The van der Waals surface area contributed by atoms with Crippen LogP contribution in [0.2, 0.25) is 0 Å². The van der Waals surface area contributed by atoms with E-state index in [0.29, 0.717) is 5.56 Å². The van der Waals surface area contributed by atoms with Crippen molar-refractivity contribution in [3.63, 3.8) is 0 Å². The van der Waals surface area contributed by atoms with Crippen LogP contribution in [0, 0.1) is 13.8 Å². The zero-order valence-corrected chi connectivity index (χ0v) is 14.3. The van der Waals surface area contributed by atoms with Gasteiger partial charge in [0.15, 0.2) is 0 Å². The minimum atomic E-state index is -0.322. The Bertz CT molecular complexity index is 710. The number of hydrogen-bond donors (Lipinski definition) is 1. The number of carbonyl (C=O) groups is 2. The number of hydrogen-bond acceptors (Lipinski definition) is 3. The lowest BCUT2D eigenvalue weighted by molar-refractivity contribution is -0.145. The Hall–Kier alpha value is -2.62. The summed E-state index contributed by atoms with van der Waals surface area (Å²) in [6.45, 7) is 6.04. The summed E-state index contributed by atoms with van der Waals surface area (Å²) in [4.78, 5) is 24.0. The van der Waals surface area contributed by atoms with E-state index >= 15 is 0 Å². The Morgan fingerprint density at radius 2 is 1.79 bits per heavy atom. The molecule has 0 bridgehead atoms. The molecule has 0 spiro atoms. The van der Waals surface area contributed by atoms with Crippen LogP contribution < -0.4 is 5.32 Å². The van der Waals surface area contributed by atoms with Crippen LogP contribution in [-0.4, -0.2) is 17.9 Å². The van der Waals surface area contributed by atoms with E-state index in [1.807, 2.05) is 38.1 Å². The van der Waals surface area contributed by atoms with Crippen molar-refractivity contribution < 1.29 is 14.3 Å². The molecule has 0 aliphatic carbocycles. The fourth-order valence-corrected chi connectivity index (χ4v) is 2.37. The van der Waals surface area contributed by atoms with E-state index in [4.69, 9.17) is 4.74 Å². The van der Waals surface area contributed by atoms with Gasteiger partial charge in [-0.05, 0) is 44.0 Å². The topological polar surface area (TPSA) is 55.4 Å². The molecule has 24 heavy (non-hydrogen) atoms. The van der Waals surface area contributed by atoms with Crippen molar-refractivity contribution >= 4 is 11.9 Å². The first-order chi connectivity index (χ1) is 11.5. The number of rotatable bonds is 6. The summed E-state index contributed by atoms with van der Waals surface area (Å²) in [5.74, 6) is -0.512. The van der Waals surface area contributed by atoms with Gasteiger partial charge < -0.3 is 10.1 Å². The summed E-state index contributed by atoms with van der Waals surface area (Å²) in [6.07, 6.45) is 0.142. The summed E-state index contributed by atoms with van der Waals surface area (Å²) in [6, 6.07) is 14.7. The van der Waals surface area contributed by atoms with Gasteiger partial charge in [0, 0.05) is 11.6 Å². The highest BCUT2D eigenvalue weighted by Gasteiger charge is 2.14. The molecule has 0 radical (unpaired) electrons. The second-order valence-electron chi connectivity index (χ2n) is 6.04. The van der Waals surface area contributed by atoms with E-state index in [2.05, 4.69) is 5.32 Å². The van der Waals surface area contributed by atoms with Crippen molar-refractivity contribution in [2.24, 2.45) is 0 Å². The molecule has 0 aliphatic heterocycles. The highest BCUT2D eigenvalue weighted by Crippen LogP contribution is 2.12. The molecule has 0 fully saturated rings. The van der Waals surface area contributed by atoms with E-state index < -0.39 is 0 Å². The van der Waals surface area contributed by atoms with Crippen LogP contribution in [-0.2, 0) is 16.1 Å². The molecule has 2 rings (SSSR count). The minimum Gasteiger partial charge on any atom is -0.461 e. The van der Waals surface area contributed by atoms with Gasteiger partial charge in [0.2, 0.25) is 0 Å². The monoisotopic (exact) mass is 325 g/mol. The third-order valence-corrected chi connectivity index (χ3v) is 3.78. The number of benzene rings is 2. The fraction of sp³-hybridized carbons (Fsp3) is 0.300. The summed E-state index contributed by atoms with van der Waals surface area (Å²) in [5, 5.41) is 2.81. The molecule has 0 heterocycles. The van der Waals surface area contributed by atoms with E-state index in [9.17, 15) is 9.59 Å². The van der Waals surface area contributed by atoms with Gasteiger partial charge in [0.05, 0.1) is 6.42 Å². The summed E-state index contributed by atoms with van der Waals surface area (Å²) < 4.78 is 5.33. The molecule has 0 saturated heterocycles. The van der Waals surface area contributed by atoms with Crippen LogP contribution in [0.1, 0.15) is 40.4 Å². The third-order valence-electron chi connectivity index (χ3n) is 3.78. The van der Waals surface area contributed by atoms with Gasteiger partial charge in [-0.1, -0.05) is 42.0 Å². The van der Waals surface area contributed by atoms with Gasteiger partial charge in [0.1, 0.15) is 6.61 Å². The van der Waals surface area contributed by atoms with Gasteiger partial charge in [-0.2, -0.15) is 0 Å². The molecular formula is C20H23NO3. The first kappa shape index (κ1) is 17.7. The molecular weight excluding hydrogens is 302 g/mol. The molecule has 1 unspecified atom stereocenters. The van der Waals surface area contributed by atoms with Crippen molar-refractivity contribution in [1.29, 1.82) is 0 Å². The lowest BCUT2D eigenvalue weighted by Gasteiger charge is -2.14. The molecule has 1 atom stereocenters. The maximum atomic E-state index is 12.0. The predicted molar refractivity (Wildman–Crippen MR) is 93.7 cm³/mol. The molecule has 2 aromatic carbocycles. The number of amides is 1. The van der Waals surface area contributed by atoms with E-state index in [-0.39, 0.29) is 30.9 Å². The maximum Gasteiger partial charge on any atom is 0.308 e. The highest BCUT2D eigenvalue weighted by atomic mass is 16.5. The van der Waals surface area contributed by atoms with Gasteiger partial charge >= 0.3 is 5.97 Å². The standard InChI is InChI=1S/C20H23NO3/c1-14-9-10-15(2)18(11-14)13-24-19(22)12-16(3)21-20(23)17-7-5-4-6-8-17/h4-11,16H,12-13H2,1-3H3,(H,21,23). The Morgan fingerprint density at radius 1 is 1.08 bits per heavy atom. The lowest BCUT2D eigenvalue weighted by Crippen LogP contribution is -2.34. The molecule has 2 aromatic rings. The maximum absolute atomic E-state index is 12.0. The molecule has 0 saturated carbocycles. The van der Waals surface area contributed by atoms with Crippen LogP contribution in [0.5, 0.6) is 0 Å². The smallest absolute Gasteiger partial charge is 0.308 e. The van der Waals surface area contributed by atoms with E-state index in [1.165, 1.54) is 0 Å². The quantitative estimate of drug-likeness (QED) is 0.826. The van der Waals surface area contributed by atoms with Crippen LogP contribution in [0.4, 0.5) is 0 Å². The van der Waals surface area contributed by atoms with Crippen molar-refractivity contribution in [2.45, 2.75) is 39.8 Å². The van der Waals surface area contributed by atoms with Gasteiger partial charge in [0.25, 0.3) is 5.91 Å². The average Bonchev–Trinajstić information content (AvgIpc) is 2.56. The van der Waals surface area contributed by atoms with E-state index in [1.54, 1.807) is 31.2 Å². The Labute approximate surface area is 142 Å². The third kappa shape index (κ3) is 5.23. The van der Waals surface area contributed by atoms with Crippen LogP contribution in [0.25, 0.3) is 0 Å². The van der Waals surface area contributed by atoms with E-state index in [0.717, 1.165) is 16.7 Å². The zero-order chi connectivity index (χ0) is 17.5. The minimum absolute atomic E-state index is 0.142. The first-order valence-electron chi connectivity index (χ1n) is 8.03. The summed E-state index contributed by atoms with van der Waals surface area (Å²) >= 11 is 0. The Kier molecular flexibility index (Phi) is 6.13. The predicted octanol–water partition coefficient (Wildman–Crippen LogP) is 3.56. The van der Waals surface area contributed by atoms with Gasteiger partial charge in [-0.3, -0.25) is 9.59 Å². The Balaban J connectivity index is 1.81. The van der Waals surface area contributed by atoms with Gasteiger partial charge in [-0.25, -0.2) is 0 Å². The summed E-state index contributed by atoms with van der Waals surface area (Å²) in [5.41, 5.74) is 3.81. The Morgan fingerprint density at radius 3 is 2.50 bits per heavy atom. The second-order valence-corrected chi connectivity index (χ2v) is 6.04. The SMILES string of the molecule is Cc1ccc(C)c(COC(=O)CC(C)NC(=O)c2ccccc2)c1. The van der Waals surface area contributed by atoms with Crippen LogP contribution in [0.15, 0.2) is 48.5 Å². The molecule has 4 nitrogen and oxygen atoms in total. The number of aryl methyl sites for hydroxylation is 2. The average molecular weight is 325 g/mol. The van der Waals surface area contributed by atoms with Crippen molar-refractivity contribution in [3.8, 4) is 0 Å². The second kappa shape index (κ2) is 8.29. The van der Waals surface area contributed by atoms with Crippen molar-refractivity contribution in [2.75, 3.05) is 0 Å². The number of ether oxygens (including phenoxy) is 1. The fourth-order valence-electron chi connectivity index (χ4n) is 2.37. The van der Waals surface area contributed by atoms with Crippen molar-refractivity contribution in [1.82, 2.24) is 5.32 Å². The molecule has 0 aliphatic rings. The van der Waals surface area contributed by atoms with Crippen LogP contribution in [0.3, 0.4) is 0 Å². The molecule has 126 valence electrons.